The Morgan fingerprint density at radius 3 is 3.00 bits per heavy atom. The van der Waals surface area contributed by atoms with Crippen molar-refractivity contribution in [2.45, 2.75) is 19.3 Å². The molecule has 1 aromatic carbocycles. The van der Waals surface area contributed by atoms with Crippen molar-refractivity contribution in [3.8, 4) is 0 Å². The Balaban J connectivity index is 1.95. The molecule has 0 unspecified atom stereocenters. The third-order valence-electron chi connectivity index (χ3n) is 3.09. The van der Waals surface area contributed by atoms with Crippen LogP contribution >= 0.6 is 11.3 Å². The molecule has 1 aliphatic heterocycles. The summed E-state index contributed by atoms with van der Waals surface area (Å²) < 4.78 is 1.21. The Labute approximate surface area is 105 Å². The highest BCUT2D eigenvalue weighted by molar-refractivity contribution is 7.22. The largest absolute Gasteiger partial charge is 0.363 e. The van der Waals surface area contributed by atoms with E-state index < -0.39 is 0 Å². The minimum absolute atomic E-state index is 0.884. The van der Waals surface area contributed by atoms with E-state index in [0.717, 1.165) is 23.6 Å². The van der Waals surface area contributed by atoms with Crippen molar-refractivity contribution in [2.24, 2.45) is 4.99 Å². The minimum atomic E-state index is 0.884. The van der Waals surface area contributed by atoms with E-state index in [0.29, 0.717) is 0 Å². The van der Waals surface area contributed by atoms with E-state index in [2.05, 4.69) is 28.0 Å². The van der Waals surface area contributed by atoms with Crippen LogP contribution in [0.25, 0.3) is 10.2 Å². The fourth-order valence-electron chi connectivity index (χ4n) is 2.11. The van der Waals surface area contributed by atoms with Crippen molar-refractivity contribution in [3.63, 3.8) is 0 Å². The van der Waals surface area contributed by atoms with Gasteiger partial charge in [-0.3, -0.25) is 0 Å². The number of aromatic nitrogens is 1. The van der Waals surface area contributed by atoms with E-state index >= 15 is 0 Å². The van der Waals surface area contributed by atoms with Crippen LogP contribution in [0.1, 0.15) is 19.3 Å². The maximum absolute atomic E-state index is 4.69. The molecule has 0 radical (unpaired) electrons. The molecule has 3 nitrogen and oxygen atoms in total. The topological polar surface area (TPSA) is 28.5 Å². The monoisotopic (exact) mass is 245 g/mol. The maximum Gasteiger partial charge on any atom is 0.211 e. The smallest absolute Gasteiger partial charge is 0.211 e. The van der Waals surface area contributed by atoms with E-state index in [9.17, 15) is 0 Å². The zero-order valence-electron chi connectivity index (χ0n) is 9.89. The van der Waals surface area contributed by atoms with Gasteiger partial charge in [0.1, 0.15) is 5.84 Å². The van der Waals surface area contributed by atoms with E-state index in [1.807, 2.05) is 18.2 Å². The Kier molecular flexibility index (Phi) is 2.81. The number of thiazole rings is 1. The van der Waals surface area contributed by atoms with Gasteiger partial charge in [-0.15, -0.1) is 0 Å². The molecule has 3 rings (SSSR count). The Hall–Kier alpha value is -1.42. The second kappa shape index (κ2) is 4.45. The van der Waals surface area contributed by atoms with Crippen molar-refractivity contribution in [2.75, 3.05) is 13.6 Å². The molecule has 1 fully saturated rings. The van der Waals surface area contributed by atoms with Gasteiger partial charge in [-0.1, -0.05) is 23.5 Å². The van der Waals surface area contributed by atoms with Crippen molar-refractivity contribution in [1.82, 2.24) is 9.88 Å². The lowest BCUT2D eigenvalue weighted by Gasteiger charge is -2.25. The summed E-state index contributed by atoms with van der Waals surface area (Å²) in [7, 11) is 2.12. The second-order valence-electron chi connectivity index (χ2n) is 4.37. The molecule has 0 saturated carbocycles. The van der Waals surface area contributed by atoms with Crippen LogP contribution in [0.4, 0.5) is 5.13 Å². The highest BCUT2D eigenvalue weighted by atomic mass is 32.1. The van der Waals surface area contributed by atoms with Gasteiger partial charge < -0.3 is 4.90 Å². The number of likely N-dealkylation sites (tertiary alicyclic amines) is 1. The first-order chi connectivity index (χ1) is 8.33. The summed E-state index contributed by atoms with van der Waals surface area (Å²) in [6.45, 7) is 1.11. The van der Waals surface area contributed by atoms with Crippen molar-refractivity contribution in [3.05, 3.63) is 24.3 Å². The molecular formula is C13H15N3S. The summed E-state index contributed by atoms with van der Waals surface area (Å²) in [5.74, 6) is 1.18. The SMILES string of the molecule is CN1CCCCC1=Nc1nc2ccccc2s1. The molecule has 0 aliphatic carbocycles. The van der Waals surface area contributed by atoms with Crippen LogP contribution in [-0.2, 0) is 0 Å². The Morgan fingerprint density at radius 2 is 2.18 bits per heavy atom. The average molecular weight is 245 g/mol. The Bertz CT molecular complexity index is 526. The molecule has 88 valence electrons. The number of amidine groups is 1. The second-order valence-corrected chi connectivity index (χ2v) is 5.38. The fraction of sp³-hybridized carbons (Fsp3) is 0.385. The predicted octanol–water partition coefficient (Wildman–Crippen LogP) is 3.44. The molecule has 2 heterocycles. The molecule has 0 amide bonds. The highest BCUT2D eigenvalue weighted by Crippen LogP contribution is 2.28. The van der Waals surface area contributed by atoms with Crippen molar-refractivity contribution < 1.29 is 0 Å². The standard InChI is InChI=1S/C13H15N3S/c1-16-9-5-4-8-12(16)15-13-14-10-6-2-3-7-11(10)17-13/h2-3,6-7H,4-5,8-9H2,1H3. The molecule has 1 aliphatic rings. The van der Waals surface area contributed by atoms with Crippen LogP contribution in [0.15, 0.2) is 29.3 Å². The van der Waals surface area contributed by atoms with Gasteiger partial charge in [0.25, 0.3) is 0 Å². The average Bonchev–Trinajstić information content (AvgIpc) is 2.74. The van der Waals surface area contributed by atoms with Gasteiger partial charge in [-0.25, -0.2) is 9.98 Å². The van der Waals surface area contributed by atoms with Gasteiger partial charge >= 0.3 is 0 Å². The third kappa shape index (κ3) is 2.17. The maximum atomic E-state index is 4.69. The fourth-order valence-corrected chi connectivity index (χ4v) is 2.97. The van der Waals surface area contributed by atoms with Crippen LogP contribution in [0, 0.1) is 0 Å². The molecule has 1 saturated heterocycles. The van der Waals surface area contributed by atoms with E-state index in [-0.39, 0.29) is 0 Å². The first-order valence-corrected chi connectivity index (χ1v) is 6.79. The molecule has 0 N–H and O–H groups in total. The van der Waals surface area contributed by atoms with Gasteiger partial charge in [0.15, 0.2) is 0 Å². The third-order valence-corrected chi connectivity index (χ3v) is 4.02. The molecule has 0 bridgehead atoms. The molecule has 4 heteroatoms. The van der Waals surface area contributed by atoms with Crippen LogP contribution < -0.4 is 0 Å². The predicted molar refractivity (Wildman–Crippen MR) is 73.2 cm³/mol. The van der Waals surface area contributed by atoms with Crippen LogP contribution in [0.3, 0.4) is 0 Å². The number of fused-ring (bicyclic) bond motifs is 1. The molecule has 0 atom stereocenters. The first-order valence-electron chi connectivity index (χ1n) is 5.97. The summed E-state index contributed by atoms with van der Waals surface area (Å²) in [5.41, 5.74) is 1.05. The zero-order chi connectivity index (χ0) is 11.7. The number of piperidine rings is 1. The van der Waals surface area contributed by atoms with E-state index in [4.69, 9.17) is 0 Å². The summed E-state index contributed by atoms with van der Waals surface area (Å²) in [6.07, 6.45) is 3.59. The molecule has 0 spiro atoms. The lowest BCUT2D eigenvalue weighted by atomic mass is 10.1. The quantitative estimate of drug-likeness (QED) is 0.770. The van der Waals surface area contributed by atoms with Crippen LogP contribution in [0.2, 0.25) is 0 Å². The summed E-state index contributed by atoms with van der Waals surface area (Å²) in [4.78, 5) is 11.5. The number of hydrogen-bond acceptors (Lipinski definition) is 3. The normalized spacial score (nSPS) is 19.1. The van der Waals surface area contributed by atoms with Crippen LogP contribution in [0.5, 0.6) is 0 Å². The number of rotatable bonds is 1. The van der Waals surface area contributed by atoms with Gasteiger partial charge in [0.2, 0.25) is 5.13 Å². The van der Waals surface area contributed by atoms with Gasteiger partial charge in [-0.05, 0) is 25.0 Å². The van der Waals surface area contributed by atoms with E-state index in [1.165, 1.54) is 23.4 Å². The number of aliphatic imine (C=N–C) groups is 1. The number of benzene rings is 1. The number of hydrogen-bond donors (Lipinski definition) is 0. The van der Waals surface area contributed by atoms with E-state index in [1.54, 1.807) is 11.3 Å². The highest BCUT2D eigenvalue weighted by Gasteiger charge is 2.13. The molecule has 17 heavy (non-hydrogen) atoms. The van der Waals surface area contributed by atoms with Crippen molar-refractivity contribution >= 4 is 32.5 Å². The molecule has 1 aromatic heterocycles. The number of para-hydroxylation sites is 1. The summed E-state index contributed by atoms with van der Waals surface area (Å²) in [5, 5.41) is 0.884. The number of nitrogens with zero attached hydrogens (tertiary/aromatic N) is 3. The molecule has 2 aromatic rings. The van der Waals surface area contributed by atoms with Crippen LogP contribution in [-0.4, -0.2) is 29.3 Å². The molecular weight excluding hydrogens is 230 g/mol. The minimum Gasteiger partial charge on any atom is -0.363 e. The van der Waals surface area contributed by atoms with Gasteiger partial charge in [0, 0.05) is 20.0 Å². The van der Waals surface area contributed by atoms with Gasteiger partial charge in [0.05, 0.1) is 10.2 Å². The lowest BCUT2D eigenvalue weighted by Crippen LogP contribution is -2.31. The Morgan fingerprint density at radius 1 is 1.29 bits per heavy atom. The van der Waals surface area contributed by atoms with Gasteiger partial charge in [-0.2, -0.15) is 0 Å². The summed E-state index contributed by atoms with van der Waals surface area (Å²) >= 11 is 1.67. The van der Waals surface area contributed by atoms with Crippen molar-refractivity contribution in [1.29, 1.82) is 0 Å². The summed E-state index contributed by atoms with van der Waals surface area (Å²) in [6, 6.07) is 8.21. The lowest BCUT2D eigenvalue weighted by molar-refractivity contribution is 0.434. The zero-order valence-corrected chi connectivity index (χ0v) is 10.7. The first kappa shape index (κ1) is 10.7.